The predicted octanol–water partition coefficient (Wildman–Crippen LogP) is 4.56. The Bertz CT molecular complexity index is 360. The molecule has 0 atom stereocenters. The van der Waals surface area contributed by atoms with Crippen molar-refractivity contribution >= 4 is 9.05 Å². The zero-order valence-electron chi connectivity index (χ0n) is 14.2. The van der Waals surface area contributed by atoms with Crippen LogP contribution in [0.15, 0.2) is 30.3 Å². The molecule has 1 rings (SSSR count). The van der Waals surface area contributed by atoms with Crippen LogP contribution in [0.25, 0.3) is 0 Å². The van der Waals surface area contributed by atoms with Crippen molar-refractivity contribution in [2.24, 2.45) is 0 Å². The number of hydrogen-bond donors (Lipinski definition) is 0. The Morgan fingerprint density at radius 2 is 1.36 bits per heavy atom. The monoisotopic (exact) mass is 326 g/mol. The van der Waals surface area contributed by atoms with Crippen molar-refractivity contribution < 1.29 is 17.7 Å². The highest BCUT2D eigenvalue weighted by Gasteiger charge is 2.47. The minimum Gasteiger partial charge on any atom is -0.480 e. The molecule has 0 saturated heterocycles. The molecule has 0 N–H and O–H groups in total. The summed E-state index contributed by atoms with van der Waals surface area (Å²) < 4.78 is 23.4. The fourth-order valence-electron chi connectivity index (χ4n) is 1.99. The summed E-state index contributed by atoms with van der Waals surface area (Å²) in [5.74, 6) is 0.724. The van der Waals surface area contributed by atoms with Gasteiger partial charge >= 0.3 is 9.05 Å². The smallest absolute Gasteiger partial charge is 0.480 e. The lowest BCUT2D eigenvalue weighted by Crippen LogP contribution is -2.51. The minimum absolute atomic E-state index is 0.606. The standard InChI is InChI=1S/C17H30O4Si/c1-4-6-11-15-19-22(18-3,20-16-12-7-5-2)21-17-13-9-8-10-14-17/h8-10,13-14H,4-7,11-12,15-16H2,1-3H3. The molecule has 0 amide bonds. The van der Waals surface area contributed by atoms with Gasteiger partial charge in [0.1, 0.15) is 5.75 Å². The zero-order chi connectivity index (χ0) is 16.1. The summed E-state index contributed by atoms with van der Waals surface area (Å²) in [4.78, 5) is 0. The fourth-order valence-corrected chi connectivity index (χ4v) is 3.73. The van der Waals surface area contributed by atoms with E-state index in [-0.39, 0.29) is 0 Å². The van der Waals surface area contributed by atoms with Crippen LogP contribution >= 0.6 is 0 Å². The van der Waals surface area contributed by atoms with Crippen LogP contribution in [0.4, 0.5) is 0 Å². The van der Waals surface area contributed by atoms with Gasteiger partial charge in [-0.15, -0.1) is 0 Å². The third kappa shape index (κ3) is 7.40. The van der Waals surface area contributed by atoms with Gasteiger partial charge in [0, 0.05) is 20.3 Å². The average molecular weight is 327 g/mol. The highest BCUT2D eigenvalue weighted by molar-refractivity contribution is 6.54. The van der Waals surface area contributed by atoms with E-state index in [1.54, 1.807) is 7.11 Å². The van der Waals surface area contributed by atoms with Crippen molar-refractivity contribution in [1.29, 1.82) is 0 Å². The summed E-state index contributed by atoms with van der Waals surface area (Å²) in [7, 11) is -1.50. The van der Waals surface area contributed by atoms with Crippen molar-refractivity contribution in [1.82, 2.24) is 0 Å². The first-order valence-corrected chi connectivity index (χ1v) is 9.96. The second-order valence-corrected chi connectivity index (χ2v) is 7.42. The quantitative estimate of drug-likeness (QED) is 0.393. The molecule has 0 radical (unpaired) electrons. The largest absolute Gasteiger partial charge is 0.749 e. The Morgan fingerprint density at radius 3 is 1.82 bits per heavy atom. The van der Waals surface area contributed by atoms with Gasteiger partial charge < -0.3 is 17.7 Å². The Labute approximate surface area is 136 Å². The number of rotatable bonds is 13. The molecule has 5 heteroatoms. The van der Waals surface area contributed by atoms with E-state index in [9.17, 15) is 0 Å². The van der Waals surface area contributed by atoms with E-state index in [4.69, 9.17) is 17.7 Å². The van der Waals surface area contributed by atoms with Gasteiger partial charge in [0.05, 0.1) is 0 Å². The Kier molecular flexibility index (Phi) is 10.2. The van der Waals surface area contributed by atoms with Crippen LogP contribution in [0.2, 0.25) is 0 Å². The average Bonchev–Trinajstić information content (AvgIpc) is 2.56. The molecule has 0 saturated carbocycles. The summed E-state index contributed by atoms with van der Waals surface area (Å²) in [5, 5.41) is 0. The van der Waals surface area contributed by atoms with E-state index in [0.717, 1.165) is 44.3 Å². The molecule has 0 spiro atoms. The molecule has 0 aliphatic rings. The second kappa shape index (κ2) is 11.7. The van der Waals surface area contributed by atoms with E-state index in [1.165, 1.54) is 0 Å². The molecule has 0 unspecified atom stereocenters. The highest BCUT2D eigenvalue weighted by atomic mass is 28.4. The topological polar surface area (TPSA) is 36.9 Å². The van der Waals surface area contributed by atoms with Crippen LogP contribution in [-0.2, 0) is 13.3 Å². The summed E-state index contributed by atoms with van der Waals surface area (Å²) in [6, 6.07) is 9.60. The van der Waals surface area contributed by atoms with Gasteiger partial charge in [0.15, 0.2) is 0 Å². The number of benzene rings is 1. The molecule has 0 aliphatic carbocycles. The van der Waals surface area contributed by atoms with Crippen molar-refractivity contribution in [3.05, 3.63) is 30.3 Å². The van der Waals surface area contributed by atoms with E-state index in [2.05, 4.69) is 13.8 Å². The summed E-state index contributed by atoms with van der Waals surface area (Å²) in [6.45, 7) is 5.55. The fraction of sp³-hybridized carbons (Fsp3) is 0.647. The number of unbranched alkanes of at least 4 members (excludes halogenated alkanes) is 4. The van der Waals surface area contributed by atoms with Crippen molar-refractivity contribution in [3.63, 3.8) is 0 Å². The van der Waals surface area contributed by atoms with Crippen LogP contribution in [0.3, 0.4) is 0 Å². The molecule has 1 aromatic carbocycles. The van der Waals surface area contributed by atoms with Gasteiger partial charge in [-0.3, -0.25) is 0 Å². The van der Waals surface area contributed by atoms with Crippen molar-refractivity contribution in [2.45, 2.75) is 52.4 Å². The molecular formula is C17H30O4Si. The maximum atomic E-state index is 5.98. The molecule has 4 nitrogen and oxygen atoms in total. The number of para-hydroxylation sites is 1. The second-order valence-electron chi connectivity index (χ2n) is 5.23. The Balaban J connectivity index is 2.62. The molecular weight excluding hydrogens is 296 g/mol. The SMILES string of the molecule is CCCCCO[Si](OC)(OCCCCC)Oc1ccccc1. The lowest BCUT2D eigenvalue weighted by molar-refractivity contribution is 0.0134. The minimum atomic E-state index is -3.11. The van der Waals surface area contributed by atoms with Crippen LogP contribution in [0.5, 0.6) is 5.75 Å². The molecule has 0 aliphatic heterocycles. The molecule has 0 heterocycles. The predicted molar refractivity (Wildman–Crippen MR) is 90.8 cm³/mol. The van der Waals surface area contributed by atoms with Gasteiger partial charge in [-0.25, -0.2) is 0 Å². The summed E-state index contributed by atoms with van der Waals surface area (Å²) in [5.41, 5.74) is 0. The van der Waals surface area contributed by atoms with Crippen molar-refractivity contribution in [2.75, 3.05) is 20.3 Å². The third-order valence-corrected chi connectivity index (χ3v) is 5.39. The first-order valence-electron chi connectivity index (χ1n) is 8.33. The molecule has 0 fully saturated rings. The summed E-state index contributed by atoms with van der Waals surface area (Å²) >= 11 is 0. The van der Waals surface area contributed by atoms with Gasteiger partial charge in [0.25, 0.3) is 0 Å². The van der Waals surface area contributed by atoms with E-state index in [1.807, 2.05) is 30.3 Å². The molecule has 0 bridgehead atoms. The first kappa shape index (κ1) is 19.2. The number of hydrogen-bond acceptors (Lipinski definition) is 4. The molecule has 126 valence electrons. The van der Waals surface area contributed by atoms with Gasteiger partial charge in [-0.05, 0) is 25.0 Å². The lowest BCUT2D eigenvalue weighted by Gasteiger charge is -2.27. The third-order valence-electron chi connectivity index (χ3n) is 3.29. The van der Waals surface area contributed by atoms with Crippen LogP contribution in [0.1, 0.15) is 52.4 Å². The lowest BCUT2D eigenvalue weighted by atomic mass is 10.3. The van der Waals surface area contributed by atoms with Gasteiger partial charge in [0.2, 0.25) is 0 Å². The highest BCUT2D eigenvalue weighted by Crippen LogP contribution is 2.19. The van der Waals surface area contributed by atoms with Gasteiger partial charge in [-0.2, -0.15) is 0 Å². The van der Waals surface area contributed by atoms with Crippen LogP contribution in [0, 0.1) is 0 Å². The maximum absolute atomic E-state index is 5.98. The summed E-state index contributed by atoms with van der Waals surface area (Å²) in [6.07, 6.45) is 6.56. The maximum Gasteiger partial charge on any atom is 0.749 e. The van der Waals surface area contributed by atoms with E-state index in [0.29, 0.717) is 13.2 Å². The van der Waals surface area contributed by atoms with E-state index < -0.39 is 9.05 Å². The Morgan fingerprint density at radius 1 is 0.818 bits per heavy atom. The van der Waals surface area contributed by atoms with Crippen molar-refractivity contribution in [3.8, 4) is 5.75 Å². The first-order chi connectivity index (χ1) is 10.8. The van der Waals surface area contributed by atoms with Crippen LogP contribution < -0.4 is 4.43 Å². The molecule has 0 aromatic heterocycles. The van der Waals surface area contributed by atoms with Gasteiger partial charge in [-0.1, -0.05) is 57.7 Å². The zero-order valence-corrected chi connectivity index (χ0v) is 15.2. The molecule has 1 aromatic rings. The van der Waals surface area contributed by atoms with Crippen LogP contribution in [-0.4, -0.2) is 29.4 Å². The normalized spacial score (nSPS) is 11.6. The van der Waals surface area contributed by atoms with E-state index >= 15 is 0 Å². The Hall–Kier alpha value is -0.883. The molecule has 22 heavy (non-hydrogen) atoms.